The Bertz CT molecular complexity index is 1570. The summed E-state index contributed by atoms with van der Waals surface area (Å²) in [4.78, 5) is 41.0. The molecule has 248 valence electrons. The minimum Gasteiger partial charge on any atom is -0.383 e. The molecule has 4 aromatic rings. The van der Waals surface area contributed by atoms with E-state index in [9.17, 15) is 4.79 Å². The fraction of sp³-hybridized carbons (Fsp3) is 0.621. The van der Waals surface area contributed by atoms with Gasteiger partial charge in [-0.2, -0.15) is 10.2 Å². The fourth-order valence-electron chi connectivity index (χ4n) is 6.98. The zero-order valence-electron chi connectivity index (χ0n) is 26.7. The molecule has 0 aromatic carbocycles. The van der Waals surface area contributed by atoms with Gasteiger partial charge in [0.2, 0.25) is 0 Å². The summed E-state index contributed by atoms with van der Waals surface area (Å²) in [6.07, 6.45) is 6.52. The van der Waals surface area contributed by atoms with Crippen LogP contribution in [0.4, 0.5) is 11.6 Å². The molecule has 15 nitrogen and oxygen atoms in total. The summed E-state index contributed by atoms with van der Waals surface area (Å²) < 4.78 is 5.66. The summed E-state index contributed by atoms with van der Waals surface area (Å²) in [5, 5.41) is 11.2. The van der Waals surface area contributed by atoms with Crippen LogP contribution in [0.15, 0.2) is 12.7 Å². The number of Topliss-reactive ketones (excluding diaryl/α,β-unsaturated/α-hetero) is 1. The predicted octanol–water partition coefficient (Wildman–Crippen LogP) is 1.74. The number of ketones is 1. The molecule has 6 rings (SSSR count). The molecule has 2 saturated heterocycles. The first-order chi connectivity index (χ1) is 22.0. The van der Waals surface area contributed by atoms with E-state index in [1.807, 2.05) is 37.6 Å². The second-order valence-corrected chi connectivity index (χ2v) is 14.9. The number of halogens is 2. The lowest BCUT2D eigenvalue weighted by molar-refractivity contribution is -0.132. The number of hydrogen-bond acceptors (Lipinski definition) is 13. The number of likely N-dealkylation sites (N-methyl/N-ethyl adjacent to an activating group) is 2. The lowest BCUT2D eigenvalue weighted by Gasteiger charge is -2.43. The van der Waals surface area contributed by atoms with Gasteiger partial charge in [0, 0.05) is 39.3 Å². The third-order valence-corrected chi connectivity index (χ3v) is 10.8. The van der Waals surface area contributed by atoms with Crippen molar-refractivity contribution < 1.29 is 4.79 Å². The van der Waals surface area contributed by atoms with Gasteiger partial charge in [-0.25, -0.2) is 29.3 Å². The van der Waals surface area contributed by atoms with Crippen LogP contribution in [0.5, 0.6) is 0 Å². The molecule has 2 unspecified atom stereocenters. The quantitative estimate of drug-likeness (QED) is 0.222. The van der Waals surface area contributed by atoms with E-state index in [2.05, 4.69) is 84.7 Å². The summed E-state index contributed by atoms with van der Waals surface area (Å²) >= 11 is 4.42. The number of likely N-dealkylation sites (tertiary alicyclic amines) is 2. The van der Waals surface area contributed by atoms with Crippen molar-refractivity contribution in [3.8, 4) is 0 Å². The molecular weight excluding hydrogens is 814 g/mol. The zero-order valence-corrected chi connectivity index (χ0v) is 31.0. The molecule has 0 radical (unpaired) electrons. The molecule has 4 aromatic heterocycles. The summed E-state index contributed by atoms with van der Waals surface area (Å²) in [5.41, 5.74) is 13.9. The number of nitrogen functional groups attached to an aromatic ring is 2. The molecule has 0 bridgehead atoms. The van der Waals surface area contributed by atoms with Gasteiger partial charge in [0.05, 0.1) is 34.9 Å². The number of nitrogens with zero attached hydrogens (tertiary/aromatic N) is 12. The molecule has 0 amide bonds. The van der Waals surface area contributed by atoms with Gasteiger partial charge in [-0.05, 0) is 99.1 Å². The monoisotopic (exact) mass is 856 g/mol. The Kier molecular flexibility index (Phi) is 10.2. The maximum Gasteiger partial charge on any atom is 0.169 e. The highest BCUT2D eigenvalue weighted by molar-refractivity contribution is 14.1. The number of rotatable bonds is 10. The maximum atomic E-state index is 14.6. The standard InChI is InChI=1S/C29H42I2N14O/c1-40(2)13-19(42-9-5-17(6-10-42)44-28-21(24(30)38-44)26(32)34-15-36-28)23(46)20(14-41(3)4)43-11-7-18(8-12-43)45-29-22(25(31)39-45)27(33)35-16-37-29/h15-20H,5-14H2,1-4H3,(H2,32,34,36)(H2,33,35,37). The Morgan fingerprint density at radius 3 is 1.46 bits per heavy atom. The molecule has 2 atom stereocenters. The van der Waals surface area contributed by atoms with Crippen molar-refractivity contribution in [1.82, 2.24) is 59.1 Å². The highest BCUT2D eigenvalue weighted by Gasteiger charge is 2.39. The second kappa shape index (κ2) is 14.0. The van der Waals surface area contributed by atoms with Crippen molar-refractivity contribution >= 4 is 84.7 Å². The normalized spacial score (nSPS) is 19.1. The van der Waals surface area contributed by atoms with E-state index in [-0.39, 0.29) is 24.2 Å². The molecule has 0 aliphatic carbocycles. The minimum absolute atomic E-state index is 0.185. The van der Waals surface area contributed by atoms with E-state index in [1.54, 1.807) is 0 Å². The molecule has 4 N–H and O–H groups in total. The topological polar surface area (TPSA) is 169 Å². The van der Waals surface area contributed by atoms with Crippen molar-refractivity contribution in [3.05, 3.63) is 20.1 Å². The number of piperidine rings is 2. The molecule has 0 spiro atoms. The highest BCUT2D eigenvalue weighted by Crippen LogP contribution is 2.33. The molecular formula is C29H42I2N14O. The van der Waals surface area contributed by atoms with Gasteiger partial charge in [-0.1, -0.05) is 0 Å². The molecule has 2 fully saturated rings. The predicted molar refractivity (Wildman–Crippen MR) is 194 cm³/mol. The van der Waals surface area contributed by atoms with E-state index >= 15 is 0 Å². The lowest BCUT2D eigenvalue weighted by atomic mass is 9.95. The number of fused-ring (bicyclic) bond motifs is 2. The Morgan fingerprint density at radius 1 is 0.739 bits per heavy atom. The largest absolute Gasteiger partial charge is 0.383 e. The Hall–Kier alpha value is -2.33. The van der Waals surface area contributed by atoms with Crippen LogP contribution in [0.1, 0.15) is 37.8 Å². The maximum absolute atomic E-state index is 14.6. The zero-order chi connectivity index (χ0) is 32.7. The first kappa shape index (κ1) is 33.6. The average Bonchev–Trinajstić information content (AvgIpc) is 3.56. The lowest BCUT2D eigenvalue weighted by Crippen LogP contribution is -2.59. The summed E-state index contributed by atoms with van der Waals surface area (Å²) in [6.45, 7) is 4.57. The SMILES string of the molecule is CN(C)CC(C(=O)C(CN(C)C)N1CCC(n2nc(I)c3c(N)ncnc32)CC1)N1CCC(n2nc(I)c3c(N)ncnc32)CC1. The molecule has 2 aliphatic rings. The van der Waals surface area contributed by atoms with Crippen molar-refractivity contribution in [2.45, 2.75) is 49.9 Å². The third-order valence-electron chi connectivity index (χ3n) is 9.26. The fourth-order valence-corrected chi connectivity index (χ4v) is 8.48. The van der Waals surface area contributed by atoms with Crippen molar-refractivity contribution in [2.24, 2.45) is 0 Å². The summed E-state index contributed by atoms with van der Waals surface area (Å²) in [5.74, 6) is 1.20. The second-order valence-electron chi connectivity index (χ2n) is 12.9. The van der Waals surface area contributed by atoms with Gasteiger partial charge < -0.3 is 21.3 Å². The van der Waals surface area contributed by atoms with Gasteiger partial charge in [0.25, 0.3) is 0 Å². The van der Waals surface area contributed by atoms with E-state index in [1.165, 1.54) is 12.7 Å². The van der Waals surface area contributed by atoms with Crippen LogP contribution in [0, 0.1) is 7.40 Å². The van der Waals surface area contributed by atoms with Gasteiger partial charge in [0.15, 0.2) is 17.1 Å². The van der Waals surface area contributed by atoms with Crippen LogP contribution < -0.4 is 11.5 Å². The van der Waals surface area contributed by atoms with Gasteiger partial charge in [-0.3, -0.25) is 14.6 Å². The Morgan fingerprint density at radius 2 is 1.11 bits per heavy atom. The summed E-state index contributed by atoms with van der Waals surface area (Å²) in [7, 11) is 8.20. The van der Waals surface area contributed by atoms with Crippen LogP contribution in [0.2, 0.25) is 0 Å². The summed E-state index contributed by atoms with van der Waals surface area (Å²) in [6, 6.07) is -0.0412. The molecule has 6 heterocycles. The Labute approximate surface area is 295 Å². The molecule has 0 saturated carbocycles. The van der Waals surface area contributed by atoms with E-state index in [4.69, 9.17) is 21.7 Å². The van der Waals surface area contributed by atoms with Crippen LogP contribution in [-0.4, -0.2) is 144 Å². The molecule has 17 heteroatoms. The molecule has 2 aliphatic heterocycles. The van der Waals surface area contributed by atoms with Crippen molar-refractivity contribution in [2.75, 3.05) is 78.9 Å². The average molecular weight is 857 g/mol. The first-order valence-electron chi connectivity index (χ1n) is 15.6. The number of carbonyl (C=O) groups excluding carboxylic acids is 1. The number of nitrogens with two attached hydrogens (primary N) is 2. The van der Waals surface area contributed by atoms with E-state index < -0.39 is 0 Å². The van der Waals surface area contributed by atoms with Crippen molar-refractivity contribution in [1.29, 1.82) is 0 Å². The molecule has 46 heavy (non-hydrogen) atoms. The highest BCUT2D eigenvalue weighted by atomic mass is 127. The number of carbonyl (C=O) groups is 1. The van der Waals surface area contributed by atoms with E-state index in [0.29, 0.717) is 30.5 Å². The number of hydrogen-bond donors (Lipinski definition) is 2. The van der Waals surface area contributed by atoms with Crippen LogP contribution >= 0.6 is 45.2 Å². The Balaban J connectivity index is 1.17. The van der Waals surface area contributed by atoms with Gasteiger partial charge in [0.1, 0.15) is 31.7 Å². The smallest absolute Gasteiger partial charge is 0.169 e. The van der Waals surface area contributed by atoms with Gasteiger partial charge >= 0.3 is 0 Å². The van der Waals surface area contributed by atoms with Crippen LogP contribution in [0.25, 0.3) is 22.1 Å². The van der Waals surface area contributed by atoms with Crippen molar-refractivity contribution in [3.63, 3.8) is 0 Å². The van der Waals surface area contributed by atoms with Gasteiger partial charge in [-0.15, -0.1) is 0 Å². The number of anilines is 2. The van der Waals surface area contributed by atoms with Crippen LogP contribution in [0.3, 0.4) is 0 Å². The third kappa shape index (κ3) is 6.67. The van der Waals surface area contributed by atoms with E-state index in [0.717, 1.165) is 81.3 Å². The number of aromatic nitrogens is 8. The first-order valence-corrected chi connectivity index (χ1v) is 17.8. The van der Waals surface area contributed by atoms with Crippen LogP contribution in [-0.2, 0) is 4.79 Å². The minimum atomic E-state index is -0.206.